The molecule has 0 radical (unpaired) electrons. The Hall–Kier alpha value is -0.640. The molecule has 0 fully saturated rings. The van der Waals surface area contributed by atoms with Gasteiger partial charge in [0.25, 0.3) is 0 Å². The quantitative estimate of drug-likeness (QED) is 0.675. The van der Waals surface area contributed by atoms with Crippen molar-refractivity contribution >= 4 is 23.1 Å². The Bertz CT molecular complexity index is 241. The third kappa shape index (κ3) is 6.05. The molecular weight excluding hydrogens is 220 g/mol. The number of nitrogens with one attached hydrogen (secondary N) is 1. The van der Waals surface area contributed by atoms with E-state index in [1.165, 1.54) is 0 Å². The van der Waals surface area contributed by atoms with Gasteiger partial charge in [0.05, 0.1) is 10.9 Å². The molecule has 0 heterocycles. The summed E-state index contributed by atoms with van der Waals surface area (Å²) in [5.41, 5.74) is 5.57. The third-order valence-electron chi connectivity index (χ3n) is 2.45. The first kappa shape index (κ1) is 15.4. The number of thiocarbonyl (C=S) groups is 1. The van der Waals surface area contributed by atoms with Crippen LogP contribution in [0.25, 0.3) is 0 Å². The maximum absolute atomic E-state index is 11.9. The molecule has 0 aliphatic heterocycles. The molecule has 4 heteroatoms. The molecule has 0 saturated heterocycles. The zero-order valence-electron chi connectivity index (χ0n) is 10.7. The second kappa shape index (κ2) is 7.60. The van der Waals surface area contributed by atoms with Crippen molar-refractivity contribution in [3.05, 3.63) is 0 Å². The smallest absolute Gasteiger partial charge is 0.230 e. The van der Waals surface area contributed by atoms with Gasteiger partial charge in [-0.3, -0.25) is 4.79 Å². The van der Waals surface area contributed by atoms with Crippen LogP contribution in [0.1, 0.15) is 47.0 Å². The summed E-state index contributed by atoms with van der Waals surface area (Å²) < 4.78 is 0. The average molecular weight is 244 g/mol. The Balaban J connectivity index is 4.24. The normalized spacial score (nSPS) is 14.6. The van der Waals surface area contributed by atoms with Crippen molar-refractivity contribution in [2.24, 2.45) is 17.6 Å². The minimum absolute atomic E-state index is 0.0255. The van der Waals surface area contributed by atoms with E-state index in [0.29, 0.717) is 10.9 Å². The van der Waals surface area contributed by atoms with Crippen LogP contribution in [-0.2, 0) is 4.79 Å². The van der Waals surface area contributed by atoms with Gasteiger partial charge >= 0.3 is 0 Å². The van der Waals surface area contributed by atoms with E-state index in [0.717, 1.165) is 19.3 Å². The zero-order valence-corrected chi connectivity index (χ0v) is 11.6. The predicted molar refractivity (Wildman–Crippen MR) is 72.2 cm³/mol. The van der Waals surface area contributed by atoms with Gasteiger partial charge in [-0.2, -0.15) is 0 Å². The van der Waals surface area contributed by atoms with Gasteiger partial charge in [-0.15, -0.1) is 0 Å². The first-order chi connectivity index (χ1) is 7.38. The van der Waals surface area contributed by atoms with Crippen molar-refractivity contribution in [1.29, 1.82) is 0 Å². The highest BCUT2D eigenvalue weighted by molar-refractivity contribution is 7.80. The summed E-state index contributed by atoms with van der Waals surface area (Å²) in [6, 6.07) is 0.182. The number of carbonyl (C=O) groups excluding carboxylic acids is 1. The Morgan fingerprint density at radius 2 is 1.94 bits per heavy atom. The van der Waals surface area contributed by atoms with Crippen LogP contribution in [0, 0.1) is 11.8 Å². The molecule has 0 aromatic carbocycles. The Kier molecular flexibility index (Phi) is 7.30. The number of hydrogen-bond acceptors (Lipinski definition) is 2. The van der Waals surface area contributed by atoms with Crippen LogP contribution in [0.4, 0.5) is 0 Å². The van der Waals surface area contributed by atoms with E-state index in [1.54, 1.807) is 0 Å². The highest BCUT2D eigenvalue weighted by atomic mass is 32.1. The van der Waals surface area contributed by atoms with Crippen LogP contribution < -0.4 is 11.1 Å². The molecule has 0 rings (SSSR count). The number of carbonyl (C=O) groups is 1. The maximum Gasteiger partial charge on any atom is 0.230 e. The highest BCUT2D eigenvalue weighted by Gasteiger charge is 2.21. The average Bonchev–Trinajstić information content (AvgIpc) is 2.11. The Morgan fingerprint density at radius 3 is 2.31 bits per heavy atom. The second-order valence-electron chi connectivity index (χ2n) is 4.78. The van der Waals surface area contributed by atoms with Gasteiger partial charge in [-0.1, -0.05) is 39.4 Å². The lowest BCUT2D eigenvalue weighted by atomic mass is 10.0. The molecule has 0 bridgehead atoms. The van der Waals surface area contributed by atoms with E-state index >= 15 is 0 Å². The van der Waals surface area contributed by atoms with Gasteiger partial charge in [0.2, 0.25) is 5.91 Å². The summed E-state index contributed by atoms with van der Waals surface area (Å²) in [6.07, 6.45) is 2.62. The van der Waals surface area contributed by atoms with Crippen LogP contribution >= 0.6 is 12.2 Å². The molecule has 2 atom stereocenters. The van der Waals surface area contributed by atoms with Crippen molar-refractivity contribution in [1.82, 2.24) is 5.32 Å². The molecule has 0 spiro atoms. The highest BCUT2D eigenvalue weighted by Crippen LogP contribution is 2.09. The number of hydrogen-bond donors (Lipinski definition) is 2. The van der Waals surface area contributed by atoms with Crippen LogP contribution in [-0.4, -0.2) is 16.9 Å². The fraction of sp³-hybridized carbons (Fsp3) is 0.833. The zero-order chi connectivity index (χ0) is 12.7. The molecule has 1 amide bonds. The third-order valence-corrected chi connectivity index (χ3v) is 2.74. The van der Waals surface area contributed by atoms with E-state index < -0.39 is 0 Å². The summed E-state index contributed by atoms with van der Waals surface area (Å²) in [5.74, 6) is 0.238. The van der Waals surface area contributed by atoms with Gasteiger partial charge < -0.3 is 11.1 Å². The van der Waals surface area contributed by atoms with Crippen LogP contribution in [0.3, 0.4) is 0 Å². The summed E-state index contributed by atoms with van der Waals surface area (Å²) >= 11 is 4.92. The van der Waals surface area contributed by atoms with Crippen molar-refractivity contribution in [3.8, 4) is 0 Å². The standard InChI is InChI=1S/C12H24N2OS/c1-5-6-10(11(13)16)12(15)14-9(4)7-8(2)3/h8-10H,5-7H2,1-4H3,(H2,13,16)(H,14,15). The molecule has 3 nitrogen and oxygen atoms in total. The number of nitrogens with two attached hydrogens (primary N) is 1. The van der Waals surface area contributed by atoms with Crippen molar-refractivity contribution in [2.75, 3.05) is 0 Å². The van der Waals surface area contributed by atoms with Gasteiger partial charge in [-0.25, -0.2) is 0 Å². The van der Waals surface area contributed by atoms with Crippen LogP contribution in [0.15, 0.2) is 0 Å². The second-order valence-corrected chi connectivity index (χ2v) is 5.25. The molecule has 0 saturated carbocycles. The topological polar surface area (TPSA) is 55.1 Å². The van der Waals surface area contributed by atoms with E-state index in [1.807, 2.05) is 13.8 Å². The van der Waals surface area contributed by atoms with Crippen LogP contribution in [0.5, 0.6) is 0 Å². The first-order valence-corrected chi connectivity index (χ1v) is 6.39. The monoisotopic (exact) mass is 244 g/mol. The van der Waals surface area contributed by atoms with E-state index in [4.69, 9.17) is 18.0 Å². The molecule has 94 valence electrons. The summed E-state index contributed by atoms with van der Waals surface area (Å²) in [5, 5.41) is 2.97. The lowest BCUT2D eigenvalue weighted by Crippen LogP contribution is -2.42. The minimum Gasteiger partial charge on any atom is -0.393 e. The minimum atomic E-state index is -0.311. The number of amides is 1. The lowest BCUT2D eigenvalue weighted by Gasteiger charge is -2.20. The lowest BCUT2D eigenvalue weighted by molar-refractivity contribution is -0.123. The van der Waals surface area contributed by atoms with Gasteiger partial charge in [-0.05, 0) is 25.7 Å². The first-order valence-electron chi connectivity index (χ1n) is 5.98. The largest absolute Gasteiger partial charge is 0.393 e. The van der Waals surface area contributed by atoms with Crippen molar-refractivity contribution < 1.29 is 4.79 Å². The molecule has 16 heavy (non-hydrogen) atoms. The van der Waals surface area contributed by atoms with E-state index in [-0.39, 0.29) is 17.9 Å². The summed E-state index contributed by atoms with van der Waals surface area (Å²) in [7, 11) is 0. The fourth-order valence-electron chi connectivity index (χ4n) is 1.80. The molecule has 3 N–H and O–H groups in total. The summed E-state index contributed by atoms with van der Waals surface area (Å²) in [4.78, 5) is 12.2. The summed E-state index contributed by atoms with van der Waals surface area (Å²) in [6.45, 7) is 8.32. The predicted octanol–water partition coefficient (Wildman–Crippen LogP) is 2.24. The molecule has 0 aromatic rings. The molecule has 2 unspecified atom stereocenters. The molecule has 0 aromatic heterocycles. The van der Waals surface area contributed by atoms with Crippen LogP contribution in [0.2, 0.25) is 0 Å². The molecule has 0 aliphatic rings. The van der Waals surface area contributed by atoms with Crippen molar-refractivity contribution in [3.63, 3.8) is 0 Å². The fourth-order valence-corrected chi connectivity index (χ4v) is 2.03. The van der Waals surface area contributed by atoms with Gasteiger partial charge in [0, 0.05) is 6.04 Å². The van der Waals surface area contributed by atoms with Gasteiger partial charge in [0.15, 0.2) is 0 Å². The van der Waals surface area contributed by atoms with E-state index in [9.17, 15) is 4.79 Å². The van der Waals surface area contributed by atoms with E-state index in [2.05, 4.69) is 19.2 Å². The molecular formula is C12H24N2OS. The Morgan fingerprint density at radius 1 is 1.38 bits per heavy atom. The molecule has 0 aliphatic carbocycles. The van der Waals surface area contributed by atoms with Gasteiger partial charge in [0.1, 0.15) is 0 Å². The maximum atomic E-state index is 11.9. The number of rotatable bonds is 7. The SMILES string of the molecule is CCCC(C(=O)NC(C)CC(C)C)C(N)=S. The van der Waals surface area contributed by atoms with Crippen molar-refractivity contribution in [2.45, 2.75) is 53.0 Å². The Labute approximate surface area is 104 Å².